The van der Waals surface area contributed by atoms with Crippen molar-refractivity contribution in [3.05, 3.63) is 66.2 Å². The molecule has 1 amide bonds. The van der Waals surface area contributed by atoms with E-state index >= 15 is 0 Å². The standard InChI is InChI=1S/C22H28N2O/c1-2-22(25)24(20-11-7-4-8-12-20)21-14-17-23(18-15-21)16-13-19-9-5-3-6-10-19/h3-12,21H,2,13-18H2,1H3/i1D3,2D2. The molecule has 0 atom stereocenters. The predicted molar refractivity (Wildman–Crippen MR) is 104 cm³/mol. The molecular formula is C22H28N2O. The number of rotatable bonds is 6. The van der Waals surface area contributed by atoms with Gasteiger partial charge in [0.15, 0.2) is 0 Å². The molecule has 3 heteroatoms. The average Bonchev–Trinajstić information content (AvgIpc) is 2.74. The first kappa shape index (κ1) is 12.3. The van der Waals surface area contributed by atoms with E-state index in [9.17, 15) is 4.79 Å². The Bertz CT molecular complexity index is 818. The predicted octanol–water partition coefficient (Wildman–Crippen LogP) is 4.14. The number of para-hydroxylation sites is 1. The Balaban J connectivity index is 1.70. The maximum atomic E-state index is 13.1. The van der Waals surface area contributed by atoms with Gasteiger partial charge >= 0.3 is 0 Å². The summed E-state index contributed by atoms with van der Waals surface area (Å²) in [6, 6.07) is 18.9. The van der Waals surface area contributed by atoms with E-state index in [0.29, 0.717) is 18.5 Å². The van der Waals surface area contributed by atoms with Gasteiger partial charge in [0.25, 0.3) is 0 Å². The quantitative estimate of drug-likeness (QED) is 0.788. The van der Waals surface area contributed by atoms with Crippen LogP contribution < -0.4 is 4.90 Å². The summed E-state index contributed by atoms with van der Waals surface area (Å²) in [6.07, 6.45) is -0.638. The molecule has 1 saturated heterocycles. The number of anilines is 1. The summed E-state index contributed by atoms with van der Waals surface area (Å²) in [5, 5.41) is 0. The molecule has 1 aliphatic rings. The third kappa shape index (κ3) is 4.70. The van der Waals surface area contributed by atoms with E-state index in [-0.39, 0.29) is 6.04 Å². The Labute approximate surface area is 158 Å². The molecule has 0 N–H and O–H groups in total. The summed E-state index contributed by atoms with van der Waals surface area (Å²) < 4.78 is 38.5. The molecule has 0 spiro atoms. The second kappa shape index (κ2) is 8.82. The van der Waals surface area contributed by atoms with Crippen molar-refractivity contribution in [2.75, 3.05) is 24.5 Å². The Morgan fingerprint density at radius 1 is 1.12 bits per heavy atom. The van der Waals surface area contributed by atoms with Crippen LogP contribution in [0.5, 0.6) is 0 Å². The van der Waals surface area contributed by atoms with Gasteiger partial charge in [-0.3, -0.25) is 4.79 Å². The zero-order chi connectivity index (χ0) is 21.8. The largest absolute Gasteiger partial charge is 0.309 e. The highest BCUT2D eigenvalue weighted by Gasteiger charge is 2.28. The first-order valence-electron chi connectivity index (χ1n) is 11.3. The van der Waals surface area contributed by atoms with Crippen molar-refractivity contribution in [1.82, 2.24) is 4.90 Å². The Morgan fingerprint density at radius 3 is 2.40 bits per heavy atom. The minimum atomic E-state index is -3.02. The normalized spacial score (nSPS) is 19.9. The number of amides is 1. The third-order valence-electron chi connectivity index (χ3n) is 4.84. The van der Waals surface area contributed by atoms with Crippen LogP contribution in [0.25, 0.3) is 0 Å². The molecule has 0 saturated carbocycles. The maximum Gasteiger partial charge on any atom is 0.226 e. The van der Waals surface area contributed by atoms with Gasteiger partial charge in [-0.25, -0.2) is 0 Å². The molecule has 0 aliphatic carbocycles. The summed E-state index contributed by atoms with van der Waals surface area (Å²) in [5.41, 5.74) is 1.82. The molecule has 0 radical (unpaired) electrons. The number of benzene rings is 2. The van der Waals surface area contributed by atoms with Crippen molar-refractivity contribution < 1.29 is 11.6 Å². The molecule has 0 bridgehead atoms. The lowest BCUT2D eigenvalue weighted by molar-refractivity contribution is -0.119. The van der Waals surface area contributed by atoms with E-state index in [1.54, 1.807) is 24.3 Å². The van der Waals surface area contributed by atoms with Crippen molar-refractivity contribution in [3.8, 4) is 0 Å². The minimum absolute atomic E-state index is 0.231. The molecule has 3 rings (SSSR count). The fraction of sp³-hybridized carbons (Fsp3) is 0.409. The number of hydrogen-bond acceptors (Lipinski definition) is 2. The Kier molecular flexibility index (Phi) is 4.32. The van der Waals surface area contributed by atoms with E-state index < -0.39 is 19.1 Å². The molecule has 0 unspecified atom stereocenters. The SMILES string of the molecule is [2H]C([2H])([2H])C([2H])([2H])C(=O)N(c1ccccc1)C1CCN(CCc2ccccc2)CC1. The van der Waals surface area contributed by atoms with Gasteiger partial charge in [-0.2, -0.15) is 0 Å². The van der Waals surface area contributed by atoms with Crippen LogP contribution in [0.2, 0.25) is 0 Å². The van der Waals surface area contributed by atoms with Gasteiger partial charge in [-0.15, -0.1) is 0 Å². The van der Waals surface area contributed by atoms with E-state index in [1.165, 1.54) is 10.5 Å². The van der Waals surface area contributed by atoms with Crippen LogP contribution in [-0.4, -0.2) is 36.5 Å². The highest BCUT2D eigenvalue weighted by atomic mass is 16.2. The molecule has 3 nitrogen and oxygen atoms in total. The minimum Gasteiger partial charge on any atom is -0.309 e. The van der Waals surface area contributed by atoms with Gasteiger partial charge in [-0.05, 0) is 37.0 Å². The molecule has 1 aliphatic heterocycles. The number of hydrogen-bond donors (Lipinski definition) is 0. The lowest BCUT2D eigenvalue weighted by Gasteiger charge is -2.38. The van der Waals surface area contributed by atoms with Crippen LogP contribution in [-0.2, 0) is 11.2 Å². The first-order valence-corrected chi connectivity index (χ1v) is 8.85. The summed E-state index contributed by atoms with van der Waals surface area (Å²) in [6.45, 7) is -0.532. The molecule has 132 valence electrons. The first-order chi connectivity index (χ1) is 14.2. The van der Waals surface area contributed by atoms with E-state index in [4.69, 9.17) is 6.85 Å². The summed E-state index contributed by atoms with van der Waals surface area (Å²) >= 11 is 0. The van der Waals surface area contributed by atoms with E-state index in [2.05, 4.69) is 17.0 Å². The van der Waals surface area contributed by atoms with Crippen molar-refractivity contribution in [3.63, 3.8) is 0 Å². The zero-order valence-electron chi connectivity index (χ0n) is 19.4. The smallest absolute Gasteiger partial charge is 0.226 e. The van der Waals surface area contributed by atoms with Crippen molar-refractivity contribution >= 4 is 11.6 Å². The molecule has 25 heavy (non-hydrogen) atoms. The van der Waals surface area contributed by atoms with E-state index in [0.717, 1.165) is 26.1 Å². The topological polar surface area (TPSA) is 23.6 Å². The summed E-state index contributed by atoms with van der Waals surface area (Å²) in [4.78, 5) is 16.8. The van der Waals surface area contributed by atoms with Crippen molar-refractivity contribution in [2.45, 2.75) is 38.5 Å². The van der Waals surface area contributed by atoms with Crippen LogP contribution >= 0.6 is 0 Å². The molecule has 1 fully saturated rings. The Hall–Kier alpha value is -2.13. The molecular weight excluding hydrogens is 308 g/mol. The van der Waals surface area contributed by atoms with Crippen LogP contribution in [0, 0.1) is 0 Å². The zero-order valence-corrected chi connectivity index (χ0v) is 14.4. The summed E-state index contributed by atoms with van der Waals surface area (Å²) in [7, 11) is 0. The number of piperidine rings is 1. The van der Waals surface area contributed by atoms with Gasteiger partial charge in [0.2, 0.25) is 5.91 Å². The lowest BCUT2D eigenvalue weighted by Crippen LogP contribution is -2.47. The third-order valence-corrected chi connectivity index (χ3v) is 4.84. The second-order valence-electron chi connectivity index (χ2n) is 6.44. The average molecular weight is 342 g/mol. The Morgan fingerprint density at radius 2 is 1.76 bits per heavy atom. The van der Waals surface area contributed by atoms with Crippen LogP contribution in [0.15, 0.2) is 60.7 Å². The fourth-order valence-corrected chi connectivity index (χ4v) is 3.48. The summed E-state index contributed by atoms with van der Waals surface area (Å²) in [5.74, 6) is -0.989. The fourth-order valence-electron chi connectivity index (χ4n) is 3.48. The monoisotopic (exact) mass is 341 g/mol. The molecule has 2 aromatic rings. The van der Waals surface area contributed by atoms with Gasteiger partial charge in [0, 0.05) is 44.6 Å². The maximum absolute atomic E-state index is 13.1. The van der Waals surface area contributed by atoms with Crippen LogP contribution in [0.1, 0.15) is 38.5 Å². The molecule has 2 aromatic carbocycles. The van der Waals surface area contributed by atoms with Crippen molar-refractivity contribution in [2.24, 2.45) is 0 Å². The molecule has 0 aromatic heterocycles. The van der Waals surface area contributed by atoms with Crippen LogP contribution in [0.4, 0.5) is 5.69 Å². The second-order valence-corrected chi connectivity index (χ2v) is 6.44. The molecule has 1 heterocycles. The number of carbonyl (C=O) groups is 1. The van der Waals surface area contributed by atoms with Gasteiger partial charge in [0.1, 0.15) is 0 Å². The highest BCUT2D eigenvalue weighted by Crippen LogP contribution is 2.24. The number of carbonyl (C=O) groups excluding carboxylic acids is 1. The van der Waals surface area contributed by atoms with Gasteiger partial charge in [0.05, 0.1) is 0 Å². The number of likely N-dealkylation sites (tertiary alicyclic amines) is 1. The van der Waals surface area contributed by atoms with Crippen molar-refractivity contribution in [1.29, 1.82) is 0 Å². The lowest BCUT2D eigenvalue weighted by atomic mass is 10.0. The van der Waals surface area contributed by atoms with Gasteiger partial charge < -0.3 is 9.80 Å². The van der Waals surface area contributed by atoms with Gasteiger partial charge in [-0.1, -0.05) is 55.4 Å². The van der Waals surface area contributed by atoms with E-state index in [1.807, 2.05) is 24.3 Å². The number of nitrogens with zero attached hydrogens (tertiary/aromatic N) is 2. The van der Waals surface area contributed by atoms with Crippen LogP contribution in [0.3, 0.4) is 0 Å². The highest BCUT2D eigenvalue weighted by molar-refractivity contribution is 5.93.